The number of likely N-dealkylation sites (N-methyl/N-ethyl adjacent to an activating group) is 1. The summed E-state index contributed by atoms with van der Waals surface area (Å²) in [6.45, 7) is 7.41. The van der Waals surface area contributed by atoms with Crippen LogP contribution >= 0.6 is 11.3 Å². The lowest BCUT2D eigenvalue weighted by Crippen LogP contribution is -2.41. The molecule has 1 amide bonds. The Morgan fingerprint density at radius 2 is 2.20 bits per heavy atom. The summed E-state index contributed by atoms with van der Waals surface area (Å²) in [7, 11) is 3.47. The van der Waals surface area contributed by atoms with E-state index in [1.807, 2.05) is 6.92 Å². The molecule has 0 bridgehead atoms. The van der Waals surface area contributed by atoms with E-state index in [0.29, 0.717) is 11.9 Å². The van der Waals surface area contributed by atoms with Crippen molar-refractivity contribution in [2.24, 2.45) is 10.9 Å². The molecule has 1 fully saturated rings. The second kappa shape index (κ2) is 9.72. The number of aryl methyl sites for hydroxylation is 2. The van der Waals surface area contributed by atoms with Crippen molar-refractivity contribution < 1.29 is 9.53 Å². The zero-order valence-electron chi connectivity index (χ0n) is 15.6. The Kier molecular flexibility index (Phi) is 7.64. The van der Waals surface area contributed by atoms with Crippen LogP contribution in [-0.2, 0) is 16.0 Å². The summed E-state index contributed by atoms with van der Waals surface area (Å²) in [6.07, 6.45) is 1.91. The van der Waals surface area contributed by atoms with E-state index in [9.17, 15) is 4.79 Å². The van der Waals surface area contributed by atoms with Gasteiger partial charge < -0.3 is 20.3 Å². The molecule has 1 unspecified atom stereocenters. The fraction of sp³-hybridized carbons (Fsp3) is 0.706. The monoisotopic (exact) mass is 367 g/mol. The van der Waals surface area contributed by atoms with Crippen molar-refractivity contribution in [1.29, 1.82) is 0 Å². The van der Waals surface area contributed by atoms with Crippen LogP contribution in [0.2, 0.25) is 0 Å². The van der Waals surface area contributed by atoms with Crippen molar-refractivity contribution in [3.05, 3.63) is 15.6 Å². The fourth-order valence-electron chi connectivity index (χ4n) is 2.38. The van der Waals surface area contributed by atoms with Gasteiger partial charge in [0.15, 0.2) is 5.96 Å². The van der Waals surface area contributed by atoms with Crippen molar-refractivity contribution in [1.82, 2.24) is 20.5 Å². The van der Waals surface area contributed by atoms with Crippen molar-refractivity contribution >= 4 is 23.2 Å². The molecule has 1 aliphatic heterocycles. The maximum absolute atomic E-state index is 11.8. The summed E-state index contributed by atoms with van der Waals surface area (Å²) < 4.78 is 5.40. The number of hydrogen-bond acceptors (Lipinski definition) is 5. The Morgan fingerprint density at radius 3 is 2.80 bits per heavy atom. The van der Waals surface area contributed by atoms with E-state index < -0.39 is 0 Å². The minimum absolute atomic E-state index is 0.0172. The first-order valence-electron chi connectivity index (χ1n) is 8.68. The van der Waals surface area contributed by atoms with Crippen molar-refractivity contribution in [2.75, 3.05) is 46.9 Å². The van der Waals surface area contributed by atoms with Crippen molar-refractivity contribution in [3.63, 3.8) is 0 Å². The number of aliphatic imine (C=N–C) groups is 1. The van der Waals surface area contributed by atoms with Crippen LogP contribution in [0.25, 0.3) is 0 Å². The van der Waals surface area contributed by atoms with E-state index in [-0.39, 0.29) is 12.5 Å². The minimum atomic E-state index is -0.0172. The molecular formula is C17H29N5O2S. The Hall–Kier alpha value is -1.67. The van der Waals surface area contributed by atoms with Crippen LogP contribution in [0.1, 0.15) is 22.0 Å². The highest BCUT2D eigenvalue weighted by Gasteiger charge is 2.16. The third-order valence-electron chi connectivity index (χ3n) is 4.16. The molecule has 7 nitrogen and oxygen atoms in total. The molecule has 1 aromatic rings. The zero-order valence-corrected chi connectivity index (χ0v) is 16.4. The van der Waals surface area contributed by atoms with Crippen LogP contribution in [0, 0.1) is 19.8 Å². The normalized spacial score (nSPS) is 17.6. The lowest BCUT2D eigenvalue weighted by Gasteiger charge is -2.15. The van der Waals surface area contributed by atoms with E-state index in [4.69, 9.17) is 4.74 Å². The molecule has 140 valence electrons. The molecule has 1 aliphatic rings. The molecule has 0 aromatic carbocycles. The van der Waals surface area contributed by atoms with E-state index in [0.717, 1.165) is 49.8 Å². The Morgan fingerprint density at radius 1 is 1.40 bits per heavy atom. The predicted octanol–water partition coefficient (Wildman–Crippen LogP) is 0.962. The molecule has 1 atom stereocenters. The average Bonchev–Trinajstić information content (AvgIpc) is 3.19. The highest BCUT2D eigenvalue weighted by atomic mass is 32.1. The molecule has 8 heteroatoms. The number of aromatic nitrogens is 1. The molecule has 2 N–H and O–H groups in total. The first-order valence-corrected chi connectivity index (χ1v) is 9.50. The van der Waals surface area contributed by atoms with Crippen molar-refractivity contribution in [3.8, 4) is 0 Å². The molecule has 1 aromatic heterocycles. The molecule has 1 saturated heterocycles. The second-order valence-corrected chi connectivity index (χ2v) is 7.78. The number of ether oxygens (including phenoxy) is 1. The maximum atomic E-state index is 11.8. The van der Waals surface area contributed by atoms with Gasteiger partial charge in [-0.05, 0) is 20.3 Å². The number of nitrogens with one attached hydrogen (secondary N) is 2. The molecule has 0 aliphatic carbocycles. The number of rotatable bonds is 7. The number of carbonyl (C=O) groups excluding carboxylic acids is 1. The molecule has 25 heavy (non-hydrogen) atoms. The van der Waals surface area contributed by atoms with Gasteiger partial charge in [-0.1, -0.05) is 0 Å². The minimum Gasteiger partial charge on any atom is -0.381 e. The van der Waals surface area contributed by atoms with Crippen LogP contribution < -0.4 is 10.6 Å². The summed E-state index contributed by atoms with van der Waals surface area (Å²) in [5.41, 5.74) is 1.10. The SMILES string of the molecule is Cc1nc(CCNC(=NCC(=O)N(C)C)NCC2CCOC2)sc1C. The summed E-state index contributed by atoms with van der Waals surface area (Å²) >= 11 is 1.73. The average molecular weight is 368 g/mol. The number of hydrogen-bond donors (Lipinski definition) is 2. The van der Waals surface area contributed by atoms with Gasteiger partial charge in [0, 0.05) is 51.0 Å². The first-order chi connectivity index (χ1) is 12.0. The Balaban J connectivity index is 1.85. The van der Waals surface area contributed by atoms with Crippen LogP contribution in [0.15, 0.2) is 4.99 Å². The molecule has 2 rings (SSSR count). The molecule has 2 heterocycles. The van der Waals surface area contributed by atoms with E-state index in [1.54, 1.807) is 30.3 Å². The van der Waals surface area contributed by atoms with Crippen LogP contribution in [0.3, 0.4) is 0 Å². The number of guanidine groups is 1. The first kappa shape index (κ1) is 19.7. The lowest BCUT2D eigenvalue weighted by molar-refractivity contribution is -0.127. The number of nitrogens with zero attached hydrogens (tertiary/aromatic N) is 3. The third kappa shape index (κ3) is 6.62. The number of amides is 1. The smallest absolute Gasteiger partial charge is 0.243 e. The topological polar surface area (TPSA) is 78.9 Å². The quantitative estimate of drug-likeness (QED) is 0.554. The molecular weight excluding hydrogens is 338 g/mol. The standard InChI is InChI=1S/C17H29N5O2S/c1-12-13(2)25-15(21-12)5-7-18-17(20-10-16(23)22(3)4)19-9-14-6-8-24-11-14/h14H,5-11H2,1-4H3,(H2,18,19,20). The van der Waals surface area contributed by atoms with E-state index in [2.05, 4.69) is 27.5 Å². The predicted molar refractivity (Wildman–Crippen MR) is 101 cm³/mol. The third-order valence-corrected chi connectivity index (χ3v) is 5.29. The van der Waals surface area contributed by atoms with Crippen LogP contribution in [-0.4, -0.2) is 68.7 Å². The number of carbonyl (C=O) groups is 1. The zero-order chi connectivity index (χ0) is 18.2. The lowest BCUT2D eigenvalue weighted by atomic mass is 10.1. The van der Waals surface area contributed by atoms with Gasteiger partial charge in [-0.15, -0.1) is 11.3 Å². The van der Waals surface area contributed by atoms with Gasteiger partial charge in [0.25, 0.3) is 0 Å². The van der Waals surface area contributed by atoms with Crippen LogP contribution in [0.4, 0.5) is 0 Å². The Labute approximate surface area is 153 Å². The van der Waals surface area contributed by atoms with Gasteiger partial charge in [0.1, 0.15) is 6.54 Å². The van der Waals surface area contributed by atoms with Gasteiger partial charge in [-0.25, -0.2) is 9.98 Å². The molecule has 0 radical (unpaired) electrons. The van der Waals surface area contributed by atoms with Gasteiger partial charge in [0.05, 0.1) is 17.3 Å². The van der Waals surface area contributed by atoms with Gasteiger partial charge in [0.2, 0.25) is 5.91 Å². The maximum Gasteiger partial charge on any atom is 0.243 e. The van der Waals surface area contributed by atoms with Gasteiger partial charge >= 0.3 is 0 Å². The van der Waals surface area contributed by atoms with Gasteiger partial charge in [-0.2, -0.15) is 0 Å². The van der Waals surface area contributed by atoms with Crippen LogP contribution in [0.5, 0.6) is 0 Å². The van der Waals surface area contributed by atoms with Gasteiger partial charge in [-0.3, -0.25) is 4.79 Å². The summed E-state index contributed by atoms with van der Waals surface area (Å²) in [4.78, 5) is 23.6. The molecule has 0 saturated carbocycles. The largest absolute Gasteiger partial charge is 0.381 e. The van der Waals surface area contributed by atoms with E-state index >= 15 is 0 Å². The summed E-state index contributed by atoms with van der Waals surface area (Å²) in [5, 5.41) is 7.76. The van der Waals surface area contributed by atoms with E-state index in [1.165, 1.54) is 4.88 Å². The van der Waals surface area contributed by atoms with Crippen molar-refractivity contribution in [2.45, 2.75) is 26.7 Å². The summed E-state index contributed by atoms with van der Waals surface area (Å²) in [5.74, 6) is 1.16. The highest BCUT2D eigenvalue weighted by molar-refractivity contribution is 7.11. The number of thiazole rings is 1. The summed E-state index contributed by atoms with van der Waals surface area (Å²) in [6, 6.07) is 0. The molecule has 0 spiro atoms. The Bertz CT molecular complexity index is 574. The highest BCUT2D eigenvalue weighted by Crippen LogP contribution is 2.16. The fourth-order valence-corrected chi connectivity index (χ4v) is 3.32. The second-order valence-electron chi connectivity index (χ2n) is 6.49.